The van der Waals surface area contributed by atoms with Crippen LogP contribution in [-0.4, -0.2) is 36.6 Å². The number of methoxy groups -OCH3 is 1. The SMILES string of the molecule is COC(=O)c1ccc(C(=O)NC(=S)NNC(=O)COc2ccccc2C(C)C)cc1. The fourth-order valence-electron chi connectivity index (χ4n) is 2.48. The first-order chi connectivity index (χ1) is 14.3. The van der Waals surface area contributed by atoms with Gasteiger partial charge in [-0.15, -0.1) is 0 Å². The Kier molecular flexibility index (Phi) is 8.30. The summed E-state index contributed by atoms with van der Waals surface area (Å²) in [6.45, 7) is 3.85. The number of hydrazine groups is 1. The van der Waals surface area contributed by atoms with Gasteiger partial charge in [0.2, 0.25) is 0 Å². The third kappa shape index (κ3) is 6.56. The number of hydrogen-bond acceptors (Lipinski definition) is 6. The molecule has 0 radical (unpaired) electrons. The standard InChI is InChI=1S/C21H23N3O5S/c1-13(2)16-6-4-5-7-17(16)29-12-18(25)23-24-21(30)22-19(26)14-8-10-15(11-9-14)20(27)28-3/h4-11,13H,12H2,1-3H3,(H,23,25)(H2,22,24,26,30). The molecule has 0 heterocycles. The Balaban J connectivity index is 1.79. The van der Waals surface area contributed by atoms with Crippen molar-refractivity contribution in [2.45, 2.75) is 19.8 Å². The second-order valence-corrected chi connectivity index (χ2v) is 6.91. The lowest BCUT2D eigenvalue weighted by Gasteiger charge is -2.14. The highest BCUT2D eigenvalue weighted by atomic mass is 32.1. The lowest BCUT2D eigenvalue weighted by Crippen LogP contribution is -2.49. The van der Waals surface area contributed by atoms with E-state index in [0.29, 0.717) is 11.3 Å². The van der Waals surface area contributed by atoms with Crippen molar-refractivity contribution < 1.29 is 23.9 Å². The maximum Gasteiger partial charge on any atom is 0.337 e. The molecule has 30 heavy (non-hydrogen) atoms. The zero-order valence-electron chi connectivity index (χ0n) is 16.9. The normalized spacial score (nSPS) is 10.1. The first-order valence-electron chi connectivity index (χ1n) is 9.12. The summed E-state index contributed by atoms with van der Waals surface area (Å²) in [6.07, 6.45) is 0. The minimum Gasteiger partial charge on any atom is -0.483 e. The molecule has 8 nitrogen and oxygen atoms in total. The minimum atomic E-state index is -0.500. The van der Waals surface area contributed by atoms with E-state index in [1.54, 1.807) is 6.07 Å². The second kappa shape index (κ2) is 10.9. The van der Waals surface area contributed by atoms with Crippen LogP contribution in [0.2, 0.25) is 0 Å². The van der Waals surface area contributed by atoms with E-state index in [1.165, 1.54) is 31.4 Å². The molecule has 0 aromatic heterocycles. The quantitative estimate of drug-likeness (QED) is 0.368. The number of carbonyl (C=O) groups is 3. The molecule has 0 atom stereocenters. The molecule has 0 fully saturated rings. The van der Waals surface area contributed by atoms with Crippen LogP contribution in [0.5, 0.6) is 5.75 Å². The van der Waals surface area contributed by atoms with Gasteiger partial charge < -0.3 is 9.47 Å². The van der Waals surface area contributed by atoms with Crippen LogP contribution in [0.4, 0.5) is 0 Å². The smallest absolute Gasteiger partial charge is 0.337 e. The van der Waals surface area contributed by atoms with Gasteiger partial charge in [0, 0.05) is 5.56 Å². The van der Waals surface area contributed by atoms with E-state index in [0.717, 1.165) is 5.56 Å². The Morgan fingerprint density at radius 3 is 2.23 bits per heavy atom. The number of carbonyl (C=O) groups excluding carboxylic acids is 3. The summed E-state index contributed by atoms with van der Waals surface area (Å²) in [5.74, 6) is -0.575. The van der Waals surface area contributed by atoms with Crippen LogP contribution in [0, 0.1) is 0 Å². The predicted molar refractivity (Wildman–Crippen MR) is 115 cm³/mol. The maximum absolute atomic E-state index is 12.2. The Morgan fingerprint density at radius 1 is 0.967 bits per heavy atom. The van der Waals surface area contributed by atoms with Gasteiger partial charge in [-0.25, -0.2) is 4.79 Å². The van der Waals surface area contributed by atoms with Crippen LogP contribution in [-0.2, 0) is 9.53 Å². The van der Waals surface area contributed by atoms with Gasteiger partial charge in [0.25, 0.3) is 11.8 Å². The molecule has 9 heteroatoms. The van der Waals surface area contributed by atoms with Crippen LogP contribution in [0.3, 0.4) is 0 Å². The molecule has 0 unspecified atom stereocenters. The molecule has 2 aromatic rings. The van der Waals surface area contributed by atoms with Crippen LogP contribution in [0.15, 0.2) is 48.5 Å². The molecule has 2 aromatic carbocycles. The largest absolute Gasteiger partial charge is 0.483 e. The number of benzene rings is 2. The van der Waals surface area contributed by atoms with Crippen molar-refractivity contribution >= 4 is 35.1 Å². The second-order valence-electron chi connectivity index (χ2n) is 6.51. The molecular weight excluding hydrogens is 406 g/mol. The summed E-state index contributed by atoms with van der Waals surface area (Å²) in [7, 11) is 1.27. The first-order valence-corrected chi connectivity index (χ1v) is 9.53. The van der Waals surface area contributed by atoms with Crippen molar-refractivity contribution in [2.24, 2.45) is 0 Å². The maximum atomic E-state index is 12.2. The van der Waals surface area contributed by atoms with E-state index in [9.17, 15) is 14.4 Å². The Morgan fingerprint density at radius 2 is 1.60 bits per heavy atom. The van der Waals surface area contributed by atoms with Gasteiger partial charge in [0.05, 0.1) is 12.7 Å². The van der Waals surface area contributed by atoms with Crippen molar-refractivity contribution in [2.75, 3.05) is 13.7 Å². The van der Waals surface area contributed by atoms with Crippen LogP contribution >= 0.6 is 12.2 Å². The molecule has 0 aliphatic rings. The highest BCUT2D eigenvalue weighted by Gasteiger charge is 2.12. The molecule has 0 bridgehead atoms. The van der Waals surface area contributed by atoms with E-state index in [2.05, 4.69) is 20.9 Å². The van der Waals surface area contributed by atoms with E-state index in [-0.39, 0.29) is 23.2 Å². The number of esters is 1. The van der Waals surface area contributed by atoms with Crippen LogP contribution in [0.25, 0.3) is 0 Å². The zero-order chi connectivity index (χ0) is 22.1. The van der Waals surface area contributed by atoms with Crippen molar-refractivity contribution in [3.05, 3.63) is 65.2 Å². The van der Waals surface area contributed by atoms with E-state index >= 15 is 0 Å². The van der Waals surface area contributed by atoms with Gasteiger partial charge >= 0.3 is 5.97 Å². The number of ether oxygens (including phenoxy) is 2. The lowest BCUT2D eigenvalue weighted by atomic mass is 10.0. The fourth-order valence-corrected chi connectivity index (χ4v) is 2.62. The molecule has 0 saturated carbocycles. The Labute approximate surface area is 179 Å². The molecule has 0 aliphatic carbocycles. The summed E-state index contributed by atoms with van der Waals surface area (Å²) >= 11 is 4.99. The van der Waals surface area contributed by atoms with E-state index in [1.807, 2.05) is 32.0 Å². The Bertz CT molecular complexity index is 928. The van der Waals surface area contributed by atoms with Crippen LogP contribution in [0.1, 0.15) is 46.0 Å². The molecular formula is C21H23N3O5S. The summed E-state index contributed by atoms with van der Waals surface area (Å²) in [4.78, 5) is 35.6. The topological polar surface area (TPSA) is 106 Å². The monoisotopic (exact) mass is 429 g/mol. The van der Waals surface area contributed by atoms with Gasteiger partial charge in [0.1, 0.15) is 5.75 Å². The summed E-state index contributed by atoms with van der Waals surface area (Å²) in [6, 6.07) is 13.3. The van der Waals surface area contributed by atoms with Gasteiger partial charge in [-0.3, -0.25) is 25.8 Å². The van der Waals surface area contributed by atoms with E-state index < -0.39 is 17.8 Å². The summed E-state index contributed by atoms with van der Waals surface area (Å²) in [5, 5.41) is 2.33. The van der Waals surface area contributed by atoms with Crippen molar-refractivity contribution in [3.63, 3.8) is 0 Å². The third-order valence-corrected chi connectivity index (χ3v) is 4.21. The number of para-hydroxylation sites is 1. The first kappa shape index (κ1) is 22.8. The summed E-state index contributed by atoms with van der Waals surface area (Å²) < 4.78 is 10.2. The molecule has 3 N–H and O–H groups in total. The molecule has 0 saturated heterocycles. The average Bonchev–Trinajstić information content (AvgIpc) is 2.75. The highest BCUT2D eigenvalue weighted by molar-refractivity contribution is 7.80. The molecule has 0 aliphatic heterocycles. The fraction of sp³-hybridized carbons (Fsp3) is 0.238. The third-order valence-electron chi connectivity index (χ3n) is 4.01. The van der Waals surface area contributed by atoms with Crippen molar-refractivity contribution in [1.82, 2.24) is 16.2 Å². The van der Waals surface area contributed by atoms with Gasteiger partial charge in [-0.05, 0) is 54.0 Å². The molecule has 0 spiro atoms. The van der Waals surface area contributed by atoms with Gasteiger partial charge in [-0.2, -0.15) is 0 Å². The number of amides is 2. The van der Waals surface area contributed by atoms with Crippen molar-refractivity contribution in [3.8, 4) is 5.75 Å². The zero-order valence-corrected chi connectivity index (χ0v) is 17.7. The number of rotatable bonds is 6. The molecule has 158 valence electrons. The average molecular weight is 429 g/mol. The number of thiocarbonyl (C=S) groups is 1. The highest BCUT2D eigenvalue weighted by Crippen LogP contribution is 2.25. The Hall–Kier alpha value is -3.46. The van der Waals surface area contributed by atoms with Crippen LogP contribution < -0.4 is 20.9 Å². The molecule has 2 amide bonds. The number of hydrogen-bond donors (Lipinski definition) is 3. The predicted octanol–water partition coefficient (Wildman–Crippen LogP) is 2.31. The van der Waals surface area contributed by atoms with E-state index in [4.69, 9.17) is 17.0 Å². The molecule has 2 rings (SSSR count). The van der Waals surface area contributed by atoms with Crippen molar-refractivity contribution in [1.29, 1.82) is 0 Å². The van der Waals surface area contributed by atoms with Gasteiger partial charge in [-0.1, -0.05) is 32.0 Å². The van der Waals surface area contributed by atoms with Gasteiger partial charge in [0.15, 0.2) is 11.7 Å². The lowest BCUT2D eigenvalue weighted by molar-refractivity contribution is -0.123. The minimum absolute atomic E-state index is 0.0898. The summed E-state index contributed by atoms with van der Waals surface area (Å²) in [5.41, 5.74) is 6.40. The number of nitrogens with one attached hydrogen (secondary N) is 3.